The Hall–Kier alpha value is -1.40. The van der Waals surface area contributed by atoms with Gasteiger partial charge in [0.2, 0.25) is 0 Å². The Balaban J connectivity index is 2.23. The fraction of sp³-hybridized carbons (Fsp3) is 0.667. The molecular weight excluding hydrogens is 230 g/mol. The largest absolute Gasteiger partial charge is 0.351 e. The summed E-state index contributed by atoms with van der Waals surface area (Å²) in [5.74, 6) is -0.115. The molecular formula is C12H23N5O. The summed E-state index contributed by atoms with van der Waals surface area (Å²) in [6.07, 6.45) is 5.41. The zero-order valence-corrected chi connectivity index (χ0v) is 11.2. The van der Waals surface area contributed by atoms with Gasteiger partial charge in [0, 0.05) is 25.8 Å². The number of unbranched alkanes of at least 4 members (excludes halogenated alkanes) is 1. The minimum atomic E-state index is -0.115. The van der Waals surface area contributed by atoms with Crippen molar-refractivity contribution >= 4 is 5.91 Å². The molecule has 6 heteroatoms. The van der Waals surface area contributed by atoms with E-state index in [2.05, 4.69) is 15.2 Å². The highest BCUT2D eigenvalue weighted by Crippen LogP contribution is 1.96. The summed E-state index contributed by atoms with van der Waals surface area (Å²) in [6.45, 7) is 2.96. The monoisotopic (exact) mass is 253 g/mol. The van der Waals surface area contributed by atoms with E-state index in [0.717, 1.165) is 19.4 Å². The van der Waals surface area contributed by atoms with Crippen LogP contribution >= 0.6 is 0 Å². The number of hydrogen-bond donors (Lipinski definition) is 2. The SMILES string of the molecule is CN(C)CCCCNC(=O)c1cn(CCN)cn1. The summed E-state index contributed by atoms with van der Waals surface area (Å²) >= 11 is 0. The van der Waals surface area contributed by atoms with Crippen LogP contribution in [0.25, 0.3) is 0 Å². The molecule has 1 amide bonds. The summed E-state index contributed by atoms with van der Waals surface area (Å²) in [5.41, 5.74) is 5.89. The first-order chi connectivity index (χ1) is 8.63. The van der Waals surface area contributed by atoms with Crippen LogP contribution in [-0.2, 0) is 6.54 Å². The molecule has 0 spiro atoms. The zero-order valence-electron chi connectivity index (χ0n) is 11.2. The predicted octanol–water partition coefficient (Wildman–Crippen LogP) is -0.0866. The number of nitrogens with two attached hydrogens (primary N) is 1. The lowest BCUT2D eigenvalue weighted by Gasteiger charge is -2.08. The standard InChI is InChI=1S/C12H23N5O/c1-16(2)7-4-3-6-14-12(18)11-9-17(8-5-13)10-15-11/h9-10H,3-8,13H2,1-2H3,(H,14,18). The fourth-order valence-corrected chi connectivity index (χ4v) is 1.59. The zero-order chi connectivity index (χ0) is 13.4. The molecule has 1 aromatic rings. The van der Waals surface area contributed by atoms with Crippen molar-refractivity contribution in [2.24, 2.45) is 5.73 Å². The van der Waals surface area contributed by atoms with Gasteiger partial charge >= 0.3 is 0 Å². The van der Waals surface area contributed by atoms with Crippen molar-refractivity contribution in [1.82, 2.24) is 19.8 Å². The molecule has 1 heterocycles. The molecule has 0 saturated heterocycles. The van der Waals surface area contributed by atoms with E-state index in [1.807, 2.05) is 18.7 Å². The Kier molecular flexibility index (Phi) is 6.38. The van der Waals surface area contributed by atoms with Crippen LogP contribution in [0.2, 0.25) is 0 Å². The molecule has 6 nitrogen and oxygen atoms in total. The Morgan fingerprint density at radius 1 is 1.50 bits per heavy atom. The summed E-state index contributed by atoms with van der Waals surface area (Å²) in [7, 11) is 4.09. The number of carbonyl (C=O) groups is 1. The van der Waals surface area contributed by atoms with Crippen molar-refractivity contribution in [3.05, 3.63) is 18.2 Å². The molecule has 102 valence electrons. The lowest BCUT2D eigenvalue weighted by Crippen LogP contribution is -2.25. The molecule has 0 aliphatic rings. The number of nitrogens with one attached hydrogen (secondary N) is 1. The number of carbonyl (C=O) groups excluding carboxylic acids is 1. The van der Waals surface area contributed by atoms with E-state index in [9.17, 15) is 4.79 Å². The molecule has 18 heavy (non-hydrogen) atoms. The minimum Gasteiger partial charge on any atom is -0.351 e. The van der Waals surface area contributed by atoms with Gasteiger partial charge in [-0.2, -0.15) is 0 Å². The third-order valence-corrected chi connectivity index (χ3v) is 2.57. The van der Waals surface area contributed by atoms with Gasteiger partial charge in [-0.1, -0.05) is 0 Å². The van der Waals surface area contributed by atoms with Gasteiger partial charge in [-0.25, -0.2) is 4.98 Å². The highest BCUT2D eigenvalue weighted by Gasteiger charge is 2.07. The second-order valence-corrected chi connectivity index (χ2v) is 4.55. The van der Waals surface area contributed by atoms with Gasteiger partial charge in [0.25, 0.3) is 5.91 Å². The van der Waals surface area contributed by atoms with Crippen molar-refractivity contribution in [3.8, 4) is 0 Å². The summed E-state index contributed by atoms with van der Waals surface area (Å²) < 4.78 is 1.82. The first-order valence-electron chi connectivity index (χ1n) is 6.28. The highest BCUT2D eigenvalue weighted by molar-refractivity contribution is 5.91. The van der Waals surface area contributed by atoms with Gasteiger partial charge in [0.05, 0.1) is 6.33 Å². The second-order valence-electron chi connectivity index (χ2n) is 4.55. The van der Waals surface area contributed by atoms with E-state index < -0.39 is 0 Å². The van der Waals surface area contributed by atoms with Crippen LogP contribution in [0.3, 0.4) is 0 Å². The topological polar surface area (TPSA) is 76.2 Å². The van der Waals surface area contributed by atoms with Crippen molar-refractivity contribution in [1.29, 1.82) is 0 Å². The molecule has 0 unspecified atom stereocenters. The van der Waals surface area contributed by atoms with Crippen LogP contribution < -0.4 is 11.1 Å². The van der Waals surface area contributed by atoms with Crippen molar-refractivity contribution < 1.29 is 4.79 Å². The first-order valence-corrected chi connectivity index (χ1v) is 6.28. The molecule has 1 rings (SSSR count). The number of aromatic nitrogens is 2. The summed E-state index contributed by atoms with van der Waals surface area (Å²) in [4.78, 5) is 17.9. The third kappa shape index (κ3) is 5.29. The Morgan fingerprint density at radius 3 is 2.94 bits per heavy atom. The van der Waals surface area contributed by atoms with Gasteiger partial charge in [0.15, 0.2) is 0 Å². The van der Waals surface area contributed by atoms with Gasteiger partial charge in [-0.05, 0) is 33.5 Å². The predicted molar refractivity (Wildman–Crippen MR) is 71.4 cm³/mol. The van der Waals surface area contributed by atoms with Gasteiger partial charge < -0.3 is 20.5 Å². The van der Waals surface area contributed by atoms with Crippen LogP contribution in [-0.4, -0.2) is 54.1 Å². The Morgan fingerprint density at radius 2 is 2.28 bits per heavy atom. The van der Waals surface area contributed by atoms with E-state index in [1.165, 1.54) is 0 Å². The Labute approximate surface area is 108 Å². The normalized spacial score (nSPS) is 10.9. The quantitative estimate of drug-likeness (QED) is 0.635. The number of nitrogens with zero attached hydrogens (tertiary/aromatic N) is 3. The van der Waals surface area contributed by atoms with Crippen LogP contribution in [0, 0.1) is 0 Å². The molecule has 3 N–H and O–H groups in total. The smallest absolute Gasteiger partial charge is 0.271 e. The molecule has 0 saturated carbocycles. The second kappa shape index (κ2) is 7.84. The van der Waals surface area contributed by atoms with Crippen molar-refractivity contribution in [2.45, 2.75) is 19.4 Å². The van der Waals surface area contributed by atoms with Gasteiger partial charge in [-0.15, -0.1) is 0 Å². The van der Waals surface area contributed by atoms with Crippen molar-refractivity contribution in [2.75, 3.05) is 33.7 Å². The van der Waals surface area contributed by atoms with Gasteiger partial charge in [-0.3, -0.25) is 4.79 Å². The molecule has 0 aliphatic heterocycles. The van der Waals surface area contributed by atoms with Crippen LogP contribution in [0.5, 0.6) is 0 Å². The third-order valence-electron chi connectivity index (χ3n) is 2.57. The fourth-order valence-electron chi connectivity index (χ4n) is 1.59. The van der Waals surface area contributed by atoms with Crippen molar-refractivity contribution in [3.63, 3.8) is 0 Å². The molecule has 0 radical (unpaired) electrons. The number of amides is 1. The molecule has 0 atom stereocenters. The van der Waals surface area contributed by atoms with Crippen LogP contribution in [0.15, 0.2) is 12.5 Å². The first kappa shape index (κ1) is 14.7. The molecule has 0 fully saturated rings. The number of hydrogen-bond acceptors (Lipinski definition) is 4. The maximum absolute atomic E-state index is 11.7. The lowest BCUT2D eigenvalue weighted by atomic mass is 10.3. The van der Waals surface area contributed by atoms with Gasteiger partial charge in [0.1, 0.15) is 5.69 Å². The maximum Gasteiger partial charge on any atom is 0.271 e. The van der Waals surface area contributed by atoms with E-state index in [4.69, 9.17) is 5.73 Å². The minimum absolute atomic E-state index is 0.115. The molecule has 0 bridgehead atoms. The molecule has 0 aliphatic carbocycles. The lowest BCUT2D eigenvalue weighted by molar-refractivity contribution is 0.0948. The molecule has 1 aromatic heterocycles. The van der Waals surface area contributed by atoms with Crippen LogP contribution in [0.4, 0.5) is 0 Å². The highest BCUT2D eigenvalue weighted by atomic mass is 16.1. The molecule has 0 aromatic carbocycles. The number of rotatable bonds is 8. The van der Waals surface area contributed by atoms with E-state index in [0.29, 0.717) is 25.3 Å². The van der Waals surface area contributed by atoms with E-state index in [-0.39, 0.29) is 5.91 Å². The average Bonchev–Trinajstić information content (AvgIpc) is 2.77. The Bertz CT molecular complexity index is 361. The average molecular weight is 253 g/mol. The summed E-state index contributed by atoms with van der Waals surface area (Å²) in [6, 6.07) is 0. The van der Waals surface area contributed by atoms with Crippen LogP contribution in [0.1, 0.15) is 23.3 Å². The number of imidazole rings is 1. The summed E-state index contributed by atoms with van der Waals surface area (Å²) in [5, 5.41) is 2.86. The van der Waals surface area contributed by atoms with E-state index in [1.54, 1.807) is 12.5 Å². The maximum atomic E-state index is 11.7. The van der Waals surface area contributed by atoms with E-state index >= 15 is 0 Å².